The van der Waals surface area contributed by atoms with E-state index in [1.165, 1.54) is 12.1 Å². The van der Waals surface area contributed by atoms with Gasteiger partial charge in [0.15, 0.2) is 0 Å². The van der Waals surface area contributed by atoms with Crippen LogP contribution in [0.1, 0.15) is 48.0 Å². The molecule has 0 aromatic heterocycles. The topological polar surface area (TPSA) is 66.4 Å². The standard InChI is InChI=1S/C20H30FNO3S/c1-7-14(4)19(20(23,15(5)8-2)16(6)9-3)22-26(24,25)18-12-10-17(21)11-13-18/h8-14,19,22-23H,7H2,1-6H3/b15-8-,16-9+/t14-,19-,20?/m0/s1. The van der Waals surface area contributed by atoms with Crippen molar-refractivity contribution in [2.24, 2.45) is 5.92 Å². The summed E-state index contributed by atoms with van der Waals surface area (Å²) >= 11 is 0. The van der Waals surface area contributed by atoms with E-state index in [0.29, 0.717) is 17.6 Å². The lowest BCUT2D eigenvalue weighted by Gasteiger charge is -2.41. The fourth-order valence-corrected chi connectivity index (χ4v) is 4.31. The zero-order valence-electron chi connectivity index (χ0n) is 16.4. The molecule has 1 aromatic rings. The molecule has 1 aromatic carbocycles. The maximum Gasteiger partial charge on any atom is 0.240 e. The van der Waals surface area contributed by atoms with Crippen LogP contribution >= 0.6 is 0 Å². The molecule has 26 heavy (non-hydrogen) atoms. The van der Waals surface area contributed by atoms with Gasteiger partial charge >= 0.3 is 0 Å². The molecular weight excluding hydrogens is 353 g/mol. The van der Waals surface area contributed by atoms with Gasteiger partial charge in [-0.25, -0.2) is 17.5 Å². The molecule has 0 aliphatic carbocycles. The first-order valence-electron chi connectivity index (χ1n) is 8.81. The second-order valence-corrected chi connectivity index (χ2v) is 8.36. The Hall–Kier alpha value is -1.50. The maximum atomic E-state index is 13.1. The molecule has 1 unspecified atom stereocenters. The van der Waals surface area contributed by atoms with Crippen LogP contribution in [-0.4, -0.2) is 25.2 Å². The van der Waals surface area contributed by atoms with Crippen LogP contribution < -0.4 is 4.72 Å². The molecule has 3 atom stereocenters. The van der Waals surface area contributed by atoms with Crippen molar-refractivity contribution in [3.05, 3.63) is 53.4 Å². The number of nitrogens with one attached hydrogen (secondary N) is 1. The number of benzene rings is 1. The summed E-state index contributed by atoms with van der Waals surface area (Å²) in [6.07, 6.45) is 4.25. The van der Waals surface area contributed by atoms with E-state index in [4.69, 9.17) is 0 Å². The molecule has 0 saturated heterocycles. The highest BCUT2D eigenvalue weighted by Crippen LogP contribution is 2.34. The van der Waals surface area contributed by atoms with Crippen LogP contribution in [0.15, 0.2) is 52.5 Å². The number of sulfonamides is 1. The van der Waals surface area contributed by atoms with E-state index in [-0.39, 0.29) is 10.8 Å². The second-order valence-electron chi connectivity index (χ2n) is 6.65. The van der Waals surface area contributed by atoms with E-state index in [0.717, 1.165) is 12.1 Å². The molecule has 0 amide bonds. The van der Waals surface area contributed by atoms with Gasteiger partial charge in [-0.3, -0.25) is 0 Å². The molecule has 0 spiro atoms. The predicted octanol–water partition coefficient (Wildman–Crippen LogP) is 4.18. The second kappa shape index (κ2) is 8.93. The normalized spacial score (nSPS) is 18.3. The van der Waals surface area contributed by atoms with Crippen molar-refractivity contribution in [1.82, 2.24) is 4.72 Å². The summed E-state index contributed by atoms with van der Waals surface area (Å²) in [4.78, 5) is -0.0363. The van der Waals surface area contributed by atoms with Crippen LogP contribution in [-0.2, 0) is 10.0 Å². The lowest BCUT2D eigenvalue weighted by atomic mass is 9.75. The number of aliphatic hydroxyl groups is 1. The number of hydrogen-bond donors (Lipinski definition) is 2. The van der Waals surface area contributed by atoms with E-state index in [1.807, 2.05) is 27.7 Å². The van der Waals surface area contributed by atoms with Gasteiger partial charge in [0.25, 0.3) is 0 Å². The van der Waals surface area contributed by atoms with Crippen molar-refractivity contribution in [1.29, 1.82) is 0 Å². The third-order valence-corrected chi connectivity index (χ3v) is 6.59. The minimum Gasteiger partial charge on any atom is -0.379 e. The Morgan fingerprint density at radius 2 is 1.65 bits per heavy atom. The molecule has 0 aliphatic rings. The molecule has 2 N–H and O–H groups in total. The van der Waals surface area contributed by atoms with Crippen molar-refractivity contribution in [2.45, 2.75) is 64.5 Å². The van der Waals surface area contributed by atoms with Gasteiger partial charge in [-0.2, -0.15) is 0 Å². The molecule has 4 nitrogen and oxygen atoms in total. The summed E-state index contributed by atoms with van der Waals surface area (Å²) in [7, 11) is -3.93. The van der Waals surface area contributed by atoms with E-state index in [9.17, 15) is 17.9 Å². The highest BCUT2D eigenvalue weighted by molar-refractivity contribution is 7.89. The van der Waals surface area contributed by atoms with E-state index >= 15 is 0 Å². The Morgan fingerprint density at radius 1 is 1.19 bits per heavy atom. The monoisotopic (exact) mass is 383 g/mol. The van der Waals surface area contributed by atoms with Gasteiger partial charge in [0.2, 0.25) is 10.0 Å². The highest BCUT2D eigenvalue weighted by atomic mass is 32.2. The van der Waals surface area contributed by atoms with E-state index in [2.05, 4.69) is 4.72 Å². The molecule has 1 rings (SSSR count). The number of rotatable bonds is 8. The largest absolute Gasteiger partial charge is 0.379 e. The first kappa shape index (κ1) is 22.5. The van der Waals surface area contributed by atoms with Crippen LogP contribution in [0.3, 0.4) is 0 Å². The van der Waals surface area contributed by atoms with Crippen molar-refractivity contribution < 1.29 is 17.9 Å². The lowest BCUT2D eigenvalue weighted by Crippen LogP contribution is -2.57. The van der Waals surface area contributed by atoms with Gasteiger partial charge in [-0.05, 0) is 69.0 Å². The van der Waals surface area contributed by atoms with Gasteiger partial charge in [-0.15, -0.1) is 0 Å². The summed E-state index contributed by atoms with van der Waals surface area (Å²) in [5.74, 6) is -0.645. The molecule has 6 heteroatoms. The molecule has 0 fully saturated rings. The van der Waals surface area contributed by atoms with Gasteiger partial charge in [0.1, 0.15) is 11.4 Å². The molecule has 0 saturated carbocycles. The fourth-order valence-electron chi connectivity index (χ4n) is 2.94. The van der Waals surface area contributed by atoms with Gasteiger partial charge in [0, 0.05) is 0 Å². The molecule has 0 aliphatic heterocycles. The Labute approximate surface area is 156 Å². The summed E-state index contributed by atoms with van der Waals surface area (Å²) in [5, 5.41) is 11.5. The Morgan fingerprint density at radius 3 is 2.04 bits per heavy atom. The average molecular weight is 384 g/mol. The van der Waals surface area contributed by atoms with Crippen molar-refractivity contribution in [2.75, 3.05) is 0 Å². The lowest BCUT2D eigenvalue weighted by molar-refractivity contribution is 0.0580. The maximum absolute atomic E-state index is 13.1. The van der Waals surface area contributed by atoms with Crippen LogP contribution in [0.2, 0.25) is 0 Å². The molecule has 0 heterocycles. The Bertz CT molecular complexity index is 749. The number of halogens is 1. The van der Waals surface area contributed by atoms with Gasteiger partial charge in [-0.1, -0.05) is 32.4 Å². The van der Waals surface area contributed by atoms with Crippen LogP contribution in [0.25, 0.3) is 0 Å². The highest BCUT2D eigenvalue weighted by Gasteiger charge is 2.44. The smallest absolute Gasteiger partial charge is 0.240 e. The van der Waals surface area contributed by atoms with Gasteiger partial charge in [0.05, 0.1) is 10.9 Å². The quantitative estimate of drug-likeness (QED) is 0.662. The predicted molar refractivity (Wildman–Crippen MR) is 104 cm³/mol. The van der Waals surface area contributed by atoms with Crippen molar-refractivity contribution >= 4 is 10.0 Å². The van der Waals surface area contributed by atoms with E-state index < -0.39 is 27.5 Å². The Kier molecular flexibility index (Phi) is 7.74. The summed E-state index contributed by atoms with van der Waals surface area (Å²) < 4.78 is 41.5. The Balaban J connectivity index is 3.48. The third-order valence-electron chi connectivity index (χ3n) is 5.14. The molecule has 0 bridgehead atoms. The van der Waals surface area contributed by atoms with Crippen LogP contribution in [0.4, 0.5) is 4.39 Å². The first-order chi connectivity index (χ1) is 12.0. The minimum atomic E-state index is -3.93. The van der Waals surface area contributed by atoms with Crippen LogP contribution in [0, 0.1) is 11.7 Å². The summed E-state index contributed by atoms with van der Waals surface area (Å²) in [6.45, 7) is 11.0. The summed E-state index contributed by atoms with van der Waals surface area (Å²) in [6, 6.07) is 3.88. The third kappa shape index (κ3) is 4.61. The zero-order chi connectivity index (χ0) is 20.1. The van der Waals surface area contributed by atoms with Crippen LogP contribution in [0.5, 0.6) is 0 Å². The number of hydrogen-bond acceptors (Lipinski definition) is 3. The van der Waals surface area contributed by atoms with Crippen molar-refractivity contribution in [3.8, 4) is 0 Å². The SMILES string of the molecule is C/C=C(/C)C(O)(/C(C)=C/C)[C@@H](NS(=O)(=O)c1ccc(F)cc1)[C@@H](C)CC. The average Bonchev–Trinajstić information content (AvgIpc) is 2.63. The summed E-state index contributed by atoms with van der Waals surface area (Å²) in [5.41, 5.74) is -0.119. The molecule has 146 valence electrons. The zero-order valence-corrected chi connectivity index (χ0v) is 17.2. The molecule has 0 radical (unpaired) electrons. The minimum absolute atomic E-state index is 0.0363. The molecular formula is C20H30FNO3S. The fraction of sp³-hybridized carbons (Fsp3) is 0.500. The van der Waals surface area contributed by atoms with Crippen molar-refractivity contribution in [3.63, 3.8) is 0 Å². The van der Waals surface area contributed by atoms with E-state index in [1.54, 1.807) is 26.0 Å². The first-order valence-corrected chi connectivity index (χ1v) is 10.3. The number of allylic oxidation sites excluding steroid dienone is 2. The van der Waals surface area contributed by atoms with Gasteiger partial charge < -0.3 is 5.11 Å².